The molecule has 0 radical (unpaired) electrons. The SMILES string of the molecule is Cc1cccc(CC(=O)N(Cc2ccc(F)cc2)[C@@H](Cc2ccccc2)C(=O)NC(C)(C)C)c1. The second-order valence-corrected chi connectivity index (χ2v) is 9.76. The molecule has 2 amide bonds. The van der Waals surface area contributed by atoms with Gasteiger partial charge in [-0.3, -0.25) is 9.59 Å². The van der Waals surface area contributed by atoms with Crippen LogP contribution in [0.25, 0.3) is 0 Å². The van der Waals surface area contributed by atoms with Gasteiger partial charge in [0, 0.05) is 18.5 Å². The topological polar surface area (TPSA) is 49.4 Å². The summed E-state index contributed by atoms with van der Waals surface area (Å²) in [5.74, 6) is -0.705. The van der Waals surface area contributed by atoms with Crippen LogP contribution in [0.4, 0.5) is 4.39 Å². The monoisotopic (exact) mass is 460 g/mol. The van der Waals surface area contributed by atoms with Gasteiger partial charge in [0.2, 0.25) is 11.8 Å². The Morgan fingerprint density at radius 3 is 2.15 bits per heavy atom. The van der Waals surface area contributed by atoms with Crippen molar-refractivity contribution < 1.29 is 14.0 Å². The van der Waals surface area contributed by atoms with Crippen molar-refractivity contribution in [2.75, 3.05) is 0 Å². The summed E-state index contributed by atoms with van der Waals surface area (Å²) in [7, 11) is 0. The van der Waals surface area contributed by atoms with Crippen LogP contribution in [0.3, 0.4) is 0 Å². The van der Waals surface area contributed by atoms with Gasteiger partial charge in [0.05, 0.1) is 6.42 Å². The highest BCUT2D eigenvalue weighted by molar-refractivity contribution is 5.89. The minimum absolute atomic E-state index is 0.153. The van der Waals surface area contributed by atoms with Gasteiger partial charge in [-0.1, -0.05) is 72.3 Å². The molecule has 178 valence electrons. The third-order valence-corrected chi connectivity index (χ3v) is 5.47. The minimum atomic E-state index is -0.719. The van der Waals surface area contributed by atoms with Crippen molar-refractivity contribution in [3.63, 3.8) is 0 Å². The molecule has 0 aliphatic rings. The number of nitrogens with one attached hydrogen (secondary N) is 1. The Hall–Kier alpha value is -3.47. The molecule has 0 spiro atoms. The lowest BCUT2D eigenvalue weighted by Gasteiger charge is -2.34. The number of carbonyl (C=O) groups excluding carboxylic acids is 2. The number of hydrogen-bond acceptors (Lipinski definition) is 2. The Bertz CT molecular complexity index is 1100. The highest BCUT2D eigenvalue weighted by Crippen LogP contribution is 2.18. The van der Waals surface area contributed by atoms with Crippen molar-refractivity contribution in [2.24, 2.45) is 0 Å². The van der Waals surface area contributed by atoms with E-state index in [1.807, 2.05) is 82.3 Å². The second kappa shape index (κ2) is 11.1. The molecule has 1 N–H and O–H groups in total. The Morgan fingerprint density at radius 1 is 0.882 bits per heavy atom. The lowest BCUT2D eigenvalue weighted by molar-refractivity contribution is -0.141. The third kappa shape index (κ3) is 7.55. The van der Waals surface area contributed by atoms with Gasteiger partial charge in [-0.25, -0.2) is 4.39 Å². The van der Waals surface area contributed by atoms with E-state index in [1.54, 1.807) is 17.0 Å². The van der Waals surface area contributed by atoms with Gasteiger partial charge in [-0.2, -0.15) is 0 Å². The molecule has 0 saturated carbocycles. The lowest BCUT2D eigenvalue weighted by atomic mass is 9.99. The van der Waals surface area contributed by atoms with Gasteiger partial charge in [-0.15, -0.1) is 0 Å². The average molecular weight is 461 g/mol. The molecule has 0 fully saturated rings. The molecule has 5 heteroatoms. The fraction of sp³-hybridized carbons (Fsp3) is 0.310. The summed E-state index contributed by atoms with van der Waals surface area (Å²) >= 11 is 0. The van der Waals surface area contributed by atoms with E-state index < -0.39 is 11.6 Å². The van der Waals surface area contributed by atoms with Crippen LogP contribution in [0, 0.1) is 12.7 Å². The van der Waals surface area contributed by atoms with E-state index in [4.69, 9.17) is 0 Å². The van der Waals surface area contributed by atoms with Crippen LogP contribution in [-0.2, 0) is 29.0 Å². The first kappa shape index (κ1) is 25.2. The van der Waals surface area contributed by atoms with Crippen LogP contribution in [0.1, 0.15) is 43.0 Å². The summed E-state index contributed by atoms with van der Waals surface area (Å²) < 4.78 is 13.5. The molecule has 3 aromatic rings. The number of halogens is 1. The Labute approximate surface area is 201 Å². The number of carbonyl (C=O) groups is 2. The Kier molecular flexibility index (Phi) is 8.21. The molecule has 3 rings (SSSR count). The van der Waals surface area contributed by atoms with Crippen LogP contribution in [0.5, 0.6) is 0 Å². The molecule has 0 saturated heterocycles. The van der Waals surface area contributed by atoms with Crippen molar-refractivity contribution in [3.8, 4) is 0 Å². The van der Waals surface area contributed by atoms with E-state index in [9.17, 15) is 14.0 Å². The van der Waals surface area contributed by atoms with Gasteiger partial charge in [0.15, 0.2) is 0 Å². The maximum absolute atomic E-state index is 13.7. The van der Waals surface area contributed by atoms with Crippen molar-refractivity contribution in [1.29, 1.82) is 0 Å². The predicted octanol–water partition coefficient (Wildman–Crippen LogP) is 5.23. The number of rotatable bonds is 8. The second-order valence-electron chi connectivity index (χ2n) is 9.76. The highest BCUT2D eigenvalue weighted by atomic mass is 19.1. The quantitative estimate of drug-likeness (QED) is 0.500. The van der Waals surface area contributed by atoms with Gasteiger partial charge in [-0.05, 0) is 56.5 Å². The molecule has 34 heavy (non-hydrogen) atoms. The number of amides is 2. The average Bonchev–Trinajstić information content (AvgIpc) is 2.77. The van der Waals surface area contributed by atoms with E-state index in [2.05, 4.69) is 5.32 Å². The summed E-state index contributed by atoms with van der Waals surface area (Å²) in [4.78, 5) is 28.8. The standard InChI is InChI=1S/C29H33FN2O2/c1-21-9-8-12-24(17-21)19-27(33)32(20-23-13-15-25(30)16-14-23)26(28(34)31-29(2,3)4)18-22-10-6-5-7-11-22/h5-17,26H,18-20H2,1-4H3,(H,31,34)/t26-/m0/s1. The molecule has 0 bridgehead atoms. The molecule has 1 atom stereocenters. The highest BCUT2D eigenvalue weighted by Gasteiger charge is 2.32. The fourth-order valence-electron chi connectivity index (χ4n) is 3.89. The van der Waals surface area contributed by atoms with Crippen molar-refractivity contribution >= 4 is 11.8 Å². The summed E-state index contributed by atoms with van der Waals surface area (Å²) in [5.41, 5.74) is 3.24. The van der Waals surface area contributed by atoms with E-state index >= 15 is 0 Å². The predicted molar refractivity (Wildman–Crippen MR) is 134 cm³/mol. The Morgan fingerprint density at radius 2 is 1.53 bits per heavy atom. The molecule has 0 heterocycles. The van der Waals surface area contributed by atoms with Crippen molar-refractivity contribution in [1.82, 2.24) is 10.2 Å². The lowest BCUT2D eigenvalue weighted by Crippen LogP contribution is -2.54. The molecule has 0 aliphatic carbocycles. The van der Waals surface area contributed by atoms with Crippen LogP contribution >= 0.6 is 0 Å². The van der Waals surface area contributed by atoms with E-state index in [0.717, 1.165) is 22.3 Å². The molecule has 0 unspecified atom stereocenters. The number of hydrogen-bond donors (Lipinski definition) is 1. The maximum Gasteiger partial charge on any atom is 0.243 e. The minimum Gasteiger partial charge on any atom is -0.350 e. The first-order valence-corrected chi connectivity index (χ1v) is 11.6. The number of nitrogens with zero attached hydrogens (tertiary/aromatic N) is 1. The molecule has 3 aromatic carbocycles. The van der Waals surface area contributed by atoms with Crippen LogP contribution in [0.2, 0.25) is 0 Å². The number of aryl methyl sites for hydroxylation is 1. The molecule has 0 aromatic heterocycles. The fourth-order valence-corrected chi connectivity index (χ4v) is 3.89. The van der Waals surface area contributed by atoms with E-state index in [0.29, 0.717) is 6.42 Å². The van der Waals surface area contributed by atoms with Crippen LogP contribution in [0.15, 0.2) is 78.9 Å². The van der Waals surface area contributed by atoms with Crippen molar-refractivity contribution in [2.45, 2.75) is 58.7 Å². The zero-order chi connectivity index (χ0) is 24.7. The van der Waals surface area contributed by atoms with Gasteiger partial charge < -0.3 is 10.2 Å². The third-order valence-electron chi connectivity index (χ3n) is 5.47. The largest absolute Gasteiger partial charge is 0.350 e. The van der Waals surface area contributed by atoms with Gasteiger partial charge >= 0.3 is 0 Å². The van der Waals surface area contributed by atoms with Crippen LogP contribution in [-0.4, -0.2) is 28.3 Å². The summed E-state index contributed by atoms with van der Waals surface area (Å²) in [6.07, 6.45) is 0.556. The normalized spacial score (nSPS) is 12.1. The Balaban J connectivity index is 1.98. The molecule has 0 aliphatic heterocycles. The zero-order valence-corrected chi connectivity index (χ0v) is 20.3. The van der Waals surface area contributed by atoms with Gasteiger partial charge in [0.25, 0.3) is 0 Å². The van der Waals surface area contributed by atoms with Crippen molar-refractivity contribution in [3.05, 3.63) is 107 Å². The van der Waals surface area contributed by atoms with E-state index in [-0.39, 0.29) is 30.6 Å². The maximum atomic E-state index is 13.7. The molecule has 4 nitrogen and oxygen atoms in total. The molecular weight excluding hydrogens is 427 g/mol. The first-order valence-electron chi connectivity index (χ1n) is 11.6. The smallest absolute Gasteiger partial charge is 0.243 e. The first-order chi connectivity index (χ1) is 16.1. The van der Waals surface area contributed by atoms with Gasteiger partial charge in [0.1, 0.15) is 11.9 Å². The molecular formula is C29H33FN2O2. The summed E-state index contributed by atoms with van der Waals surface area (Å²) in [6, 6.07) is 22.8. The van der Waals surface area contributed by atoms with Crippen LogP contribution < -0.4 is 5.32 Å². The number of benzene rings is 3. The van der Waals surface area contributed by atoms with E-state index in [1.165, 1.54) is 12.1 Å². The zero-order valence-electron chi connectivity index (χ0n) is 20.3. The summed E-state index contributed by atoms with van der Waals surface area (Å²) in [5, 5.41) is 3.05. The summed E-state index contributed by atoms with van der Waals surface area (Å²) in [6.45, 7) is 7.95.